The van der Waals surface area contributed by atoms with Gasteiger partial charge in [-0.25, -0.2) is 0 Å². The number of nitrogens with one attached hydrogen (secondary N) is 1. The van der Waals surface area contributed by atoms with Crippen molar-refractivity contribution in [3.05, 3.63) is 30.3 Å². The van der Waals surface area contributed by atoms with Crippen LogP contribution in [0.1, 0.15) is 12.8 Å². The minimum atomic E-state index is 0.699. The smallest absolute Gasteiger partial charge is 0.207 e. The lowest BCUT2D eigenvalue weighted by atomic mass is 10.3. The first-order chi connectivity index (χ1) is 6.93. The van der Waals surface area contributed by atoms with Crippen molar-refractivity contribution in [3.63, 3.8) is 0 Å². The van der Waals surface area contributed by atoms with Gasteiger partial charge in [-0.05, 0) is 25.0 Å². The number of rotatable bonds is 7. The summed E-state index contributed by atoms with van der Waals surface area (Å²) in [6.07, 6.45) is 2.62. The van der Waals surface area contributed by atoms with Gasteiger partial charge in [0, 0.05) is 6.54 Å². The molecule has 0 bridgehead atoms. The minimum absolute atomic E-state index is 0.699. The van der Waals surface area contributed by atoms with Crippen LogP contribution in [-0.2, 0) is 4.79 Å². The van der Waals surface area contributed by atoms with E-state index < -0.39 is 0 Å². The van der Waals surface area contributed by atoms with Gasteiger partial charge < -0.3 is 10.1 Å². The zero-order chi connectivity index (χ0) is 10.1. The highest BCUT2D eigenvalue weighted by molar-refractivity contribution is 5.45. The maximum atomic E-state index is 9.92. The third-order valence-electron chi connectivity index (χ3n) is 1.81. The van der Waals surface area contributed by atoms with Gasteiger partial charge in [0.1, 0.15) is 5.75 Å². The zero-order valence-electron chi connectivity index (χ0n) is 8.11. The van der Waals surface area contributed by atoms with E-state index in [-0.39, 0.29) is 0 Å². The Bertz CT molecular complexity index is 249. The second kappa shape index (κ2) is 6.95. The van der Waals surface area contributed by atoms with Gasteiger partial charge in [-0.15, -0.1) is 0 Å². The summed E-state index contributed by atoms with van der Waals surface area (Å²) in [4.78, 5) is 9.92. The molecule has 0 aliphatic rings. The summed E-state index contributed by atoms with van der Waals surface area (Å²) in [5.41, 5.74) is 0. The molecule has 0 atom stereocenters. The Morgan fingerprint density at radius 3 is 2.71 bits per heavy atom. The number of para-hydroxylation sites is 1. The summed E-state index contributed by atoms with van der Waals surface area (Å²) >= 11 is 0. The van der Waals surface area contributed by atoms with E-state index in [0.717, 1.165) is 31.5 Å². The second-order valence-electron chi connectivity index (χ2n) is 2.94. The number of carbonyl (C=O) groups is 1. The fourth-order valence-electron chi connectivity index (χ4n) is 1.09. The molecule has 0 heterocycles. The SMILES string of the molecule is O=CNCCCCOc1ccccc1. The molecule has 1 aromatic carbocycles. The summed E-state index contributed by atoms with van der Waals surface area (Å²) in [6.45, 7) is 1.42. The molecule has 0 fully saturated rings. The molecule has 76 valence electrons. The number of carbonyl (C=O) groups excluding carboxylic acids is 1. The molecule has 0 aliphatic carbocycles. The summed E-state index contributed by atoms with van der Waals surface area (Å²) in [6, 6.07) is 9.72. The molecule has 3 heteroatoms. The highest BCUT2D eigenvalue weighted by Crippen LogP contribution is 2.08. The van der Waals surface area contributed by atoms with Crippen molar-refractivity contribution >= 4 is 6.41 Å². The van der Waals surface area contributed by atoms with Crippen LogP contribution in [0.2, 0.25) is 0 Å². The first-order valence-electron chi connectivity index (χ1n) is 4.78. The highest BCUT2D eigenvalue weighted by Gasteiger charge is 1.91. The van der Waals surface area contributed by atoms with Crippen molar-refractivity contribution in [1.82, 2.24) is 5.32 Å². The monoisotopic (exact) mass is 193 g/mol. The lowest BCUT2D eigenvalue weighted by Gasteiger charge is -2.04. The van der Waals surface area contributed by atoms with Crippen LogP contribution in [0.25, 0.3) is 0 Å². The fraction of sp³-hybridized carbons (Fsp3) is 0.364. The van der Waals surface area contributed by atoms with Crippen molar-refractivity contribution < 1.29 is 9.53 Å². The van der Waals surface area contributed by atoms with Gasteiger partial charge >= 0.3 is 0 Å². The van der Waals surface area contributed by atoms with E-state index in [1.54, 1.807) is 0 Å². The Hall–Kier alpha value is -1.51. The zero-order valence-corrected chi connectivity index (χ0v) is 8.11. The number of hydrogen-bond acceptors (Lipinski definition) is 2. The largest absolute Gasteiger partial charge is 0.494 e. The molecular weight excluding hydrogens is 178 g/mol. The van der Waals surface area contributed by atoms with Gasteiger partial charge in [-0.1, -0.05) is 18.2 Å². The number of ether oxygens (including phenoxy) is 1. The van der Waals surface area contributed by atoms with E-state index in [4.69, 9.17) is 4.74 Å². The van der Waals surface area contributed by atoms with Gasteiger partial charge in [0.2, 0.25) is 6.41 Å². The van der Waals surface area contributed by atoms with E-state index in [0.29, 0.717) is 6.61 Å². The maximum absolute atomic E-state index is 9.92. The van der Waals surface area contributed by atoms with E-state index in [2.05, 4.69) is 5.32 Å². The molecule has 0 saturated carbocycles. The summed E-state index contributed by atoms with van der Waals surface area (Å²) < 4.78 is 5.47. The quantitative estimate of drug-likeness (QED) is 0.527. The van der Waals surface area contributed by atoms with Crippen LogP contribution in [0.3, 0.4) is 0 Å². The van der Waals surface area contributed by atoms with Crippen LogP contribution in [0.5, 0.6) is 5.75 Å². The Kier molecular flexibility index (Phi) is 5.25. The van der Waals surface area contributed by atoms with Gasteiger partial charge in [-0.2, -0.15) is 0 Å². The van der Waals surface area contributed by atoms with E-state index in [1.165, 1.54) is 0 Å². The van der Waals surface area contributed by atoms with Crippen LogP contribution in [0, 0.1) is 0 Å². The summed E-state index contributed by atoms with van der Waals surface area (Å²) in [5, 5.41) is 2.61. The molecule has 0 saturated heterocycles. The van der Waals surface area contributed by atoms with E-state index in [9.17, 15) is 4.79 Å². The van der Waals surface area contributed by atoms with E-state index >= 15 is 0 Å². The van der Waals surface area contributed by atoms with Crippen LogP contribution in [0.15, 0.2) is 30.3 Å². The molecule has 14 heavy (non-hydrogen) atoms. The number of benzene rings is 1. The Morgan fingerprint density at radius 2 is 2.00 bits per heavy atom. The standard InChI is InChI=1S/C11H15NO2/c13-10-12-8-4-5-9-14-11-6-2-1-3-7-11/h1-3,6-7,10H,4-5,8-9H2,(H,12,13). The average molecular weight is 193 g/mol. The molecule has 0 aliphatic heterocycles. The van der Waals surface area contributed by atoms with Gasteiger partial charge in [0.15, 0.2) is 0 Å². The molecule has 0 radical (unpaired) electrons. The summed E-state index contributed by atoms with van der Waals surface area (Å²) in [7, 11) is 0. The van der Waals surface area contributed by atoms with Crippen LogP contribution in [-0.4, -0.2) is 19.6 Å². The van der Waals surface area contributed by atoms with Crippen LogP contribution in [0.4, 0.5) is 0 Å². The van der Waals surface area contributed by atoms with Crippen molar-refractivity contribution in [1.29, 1.82) is 0 Å². The third-order valence-corrected chi connectivity index (χ3v) is 1.81. The lowest BCUT2D eigenvalue weighted by Crippen LogP contribution is -2.12. The van der Waals surface area contributed by atoms with Crippen molar-refractivity contribution in [3.8, 4) is 5.75 Å². The van der Waals surface area contributed by atoms with E-state index in [1.807, 2.05) is 30.3 Å². The molecule has 0 spiro atoms. The van der Waals surface area contributed by atoms with Crippen molar-refractivity contribution in [2.75, 3.05) is 13.2 Å². The number of hydrogen-bond donors (Lipinski definition) is 1. The molecule has 3 nitrogen and oxygen atoms in total. The summed E-state index contributed by atoms with van der Waals surface area (Å²) in [5.74, 6) is 0.899. The molecule has 0 unspecified atom stereocenters. The normalized spacial score (nSPS) is 9.43. The molecule has 1 aromatic rings. The maximum Gasteiger partial charge on any atom is 0.207 e. The molecule has 1 N–H and O–H groups in total. The minimum Gasteiger partial charge on any atom is -0.494 e. The first kappa shape index (κ1) is 10.6. The third kappa shape index (κ3) is 4.50. The number of unbranched alkanes of at least 4 members (excludes halogenated alkanes) is 1. The predicted molar refractivity (Wildman–Crippen MR) is 55.2 cm³/mol. The van der Waals surface area contributed by atoms with Gasteiger partial charge in [0.25, 0.3) is 0 Å². The molecule has 0 aromatic heterocycles. The number of amides is 1. The van der Waals surface area contributed by atoms with Gasteiger partial charge in [0.05, 0.1) is 6.61 Å². The van der Waals surface area contributed by atoms with Crippen LogP contribution >= 0.6 is 0 Å². The van der Waals surface area contributed by atoms with Crippen molar-refractivity contribution in [2.45, 2.75) is 12.8 Å². The predicted octanol–water partition coefficient (Wildman–Crippen LogP) is 1.59. The Morgan fingerprint density at radius 1 is 1.21 bits per heavy atom. The Labute approximate surface area is 84.1 Å². The molecule has 1 rings (SSSR count). The average Bonchev–Trinajstić information content (AvgIpc) is 2.25. The second-order valence-corrected chi connectivity index (χ2v) is 2.94. The van der Waals surface area contributed by atoms with Crippen molar-refractivity contribution in [2.24, 2.45) is 0 Å². The molecular formula is C11H15NO2. The Balaban J connectivity index is 2.02. The highest BCUT2D eigenvalue weighted by atomic mass is 16.5. The lowest BCUT2D eigenvalue weighted by molar-refractivity contribution is -0.109. The topological polar surface area (TPSA) is 38.3 Å². The fourth-order valence-corrected chi connectivity index (χ4v) is 1.09. The van der Waals surface area contributed by atoms with Gasteiger partial charge in [-0.3, -0.25) is 4.79 Å². The first-order valence-corrected chi connectivity index (χ1v) is 4.78. The van der Waals surface area contributed by atoms with Crippen LogP contribution < -0.4 is 10.1 Å². The molecule has 1 amide bonds.